The monoisotopic (exact) mass is 209 g/mol. The molecule has 0 aliphatic heterocycles. The summed E-state index contributed by atoms with van der Waals surface area (Å²) in [5.41, 5.74) is 1.24. The normalized spacial score (nSPS) is 10.2. The molecule has 0 aromatic heterocycles. The standard InChI is InChI=1S/C11H15NO3/c13-9-3-1-2-4-10-5-7-11(8-6-10)12(14)15/h5-8,13H,1-4,9H2. The molecule has 1 aromatic carbocycles. The Morgan fingerprint density at radius 3 is 2.33 bits per heavy atom. The quantitative estimate of drug-likeness (QED) is 0.444. The first-order chi connectivity index (χ1) is 7.24. The van der Waals surface area contributed by atoms with Gasteiger partial charge in [-0.3, -0.25) is 10.1 Å². The van der Waals surface area contributed by atoms with Crippen molar-refractivity contribution in [2.24, 2.45) is 0 Å². The van der Waals surface area contributed by atoms with Gasteiger partial charge in [-0.15, -0.1) is 0 Å². The number of nitro benzene ring substituents is 1. The van der Waals surface area contributed by atoms with E-state index in [0.717, 1.165) is 31.2 Å². The number of hydrogen-bond acceptors (Lipinski definition) is 3. The van der Waals surface area contributed by atoms with Crippen molar-refractivity contribution in [2.45, 2.75) is 25.7 Å². The van der Waals surface area contributed by atoms with Crippen LogP contribution in [0.3, 0.4) is 0 Å². The smallest absolute Gasteiger partial charge is 0.269 e. The van der Waals surface area contributed by atoms with Gasteiger partial charge >= 0.3 is 0 Å². The van der Waals surface area contributed by atoms with E-state index in [-0.39, 0.29) is 12.3 Å². The molecule has 0 saturated heterocycles. The molecular formula is C11H15NO3. The molecule has 4 heteroatoms. The maximum Gasteiger partial charge on any atom is 0.269 e. The summed E-state index contributed by atoms with van der Waals surface area (Å²) < 4.78 is 0. The van der Waals surface area contributed by atoms with Gasteiger partial charge < -0.3 is 5.11 Å². The number of nitro groups is 1. The van der Waals surface area contributed by atoms with Crippen LogP contribution in [0.2, 0.25) is 0 Å². The molecule has 1 rings (SSSR count). The van der Waals surface area contributed by atoms with Crippen molar-refractivity contribution >= 4 is 5.69 Å². The Bertz CT molecular complexity index is 308. The van der Waals surface area contributed by atoms with Crippen molar-refractivity contribution < 1.29 is 10.0 Å². The van der Waals surface area contributed by atoms with Gasteiger partial charge in [0.15, 0.2) is 0 Å². The molecular weight excluding hydrogens is 194 g/mol. The maximum absolute atomic E-state index is 10.4. The fraction of sp³-hybridized carbons (Fsp3) is 0.455. The number of aryl methyl sites for hydroxylation is 1. The van der Waals surface area contributed by atoms with Gasteiger partial charge in [0, 0.05) is 18.7 Å². The van der Waals surface area contributed by atoms with Gasteiger partial charge in [-0.2, -0.15) is 0 Å². The van der Waals surface area contributed by atoms with Gasteiger partial charge in [0.25, 0.3) is 5.69 Å². The van der Waals surface area contributed by atoms with Crippen LogP contribution >= 0.6 is 0 Å². The molecule has 1 aromatic rings. The summed E-state index contributed by atoms with van der Waals surface area (Å²) in [7, 11) is 0. The average molecular weight is 209 g/mol. The Morgan fingerprint density at radius 2 is 1.80 bits per heavy atom. The number of unbranched alkanes of at least 4 members (excludes halogenated alkanes) is 2. The number of hydrogen-bond donors (Lipinski definition) is 1. The highest BCUT2D eigenvalue weighted by Gasteiger charge is 2.03. The molecule has 82 valence electrons. The van der Waals surface area contributed by atoms with Gasteiger partial charge in [-0.05, 0) is 24.8 Å². The van der Waals surface area contributed by atoms with Crippen molar-refractivity contribution in [1.82, 2.24) is 0 Å². The fourth-order valence-electron chi connectivity index (χ4n) is 1.40. The number of aliphatic hydroxyl groups excluding tert-OH is 1. The van der Waals surface area contributed by atoms with Gasteiger partial charge in [0.05, 0.1) is 4.92 Å². The second-order valence-corrected chi connectivity index (χ2v) is 3.46. The summed E-state index contributed by atoms with van der Waals surface area (Å²) >= 11 is 0. The Kier molecular flexibility index (Phi) is 4.77. The molecule has 0 bridgehead atoms. The summed E-state index contributed by atoms with van der Waals surface area (Å²) in [6.45, 7) is 0.236. The molecule has 0 aliphatic rings. The van der Waals surface area contributed by atoms with Crippen molar-refractivity contribution in [3.63, 3.8) is 0 Å². The molecule has 0 atom stereocenters. The number of rotatable bonds is 6. The lowest BCUT2D eigenvalue weighted by molar-refractivity contribution is -0.384. The zero-order valence-electron chi connectivity index (χ0n) is 8.56. The molecule has 0 unspecified atom stereocenters. The van der Waals surface area contributed by atoms with E-state index in [1.54, 1.807) is 12.1 Å². The topological polar surface area (TPSA) is 63.4 Å². The highest BCUT2D eigenvalue weighted by atomic mass is 16.6. The van der Waals surface area contributed by atoms with E-state index in [4.69, 9.17) is 5.11 Å². The number of benzene rings is 1. The lowest BCUT2D eigenvalue weighted by Crippen LogP contribution is -1.90. The van der Waals surface area contributed by atoms with Crippen molar-refractivity contribution in [3.8, 4) is 0 Å². The van der Waals surface area contributed by atoms with E-state index in [0.29, 0.717) is 0 Å². The van der Waals surface area contributed by atoms with Crippen LogP contribution in [0, 0.1) is 10.1 Å². The second-order valence-electron chi connectivity index (χ2n) is 3.46. The summed E-state index contributed by atoms with van der Waals surface area (Å²) in [6.07, 6.45) is 3.75. The number of nitrogens with zero attached hydrogens (tertiary/aromatic N) is 1. The van der Waals surface area contributed by atoms with Crippen LogP contribution in [0.4, 0.5) is 5.69 Å². The van der Waals surface area contributed by atoms with Crippen molar-refractivity contribution in [2.75, 3.05) is 6.61 Å². The molecule has 0 saturated carbocycles. The van der Waals surface area contributed by atoms with Crippen LogP contribution in [-0.2, 0) is 6.42 Å². The third-order valence-corrected chi connectivity index (χ3v) is 2.27. The predicted molar refractivity (Wildman–Crippen MR) is 57.7 cm³/mol. The minimum absolute atomic E-state index is 0.133. The molecule has 0 amide bonds. The van der Waals surface area contributed by atoms with Crippen LogP contribution in [0.15, 0.2) is 24.3 Å². The van der Waals surface area contributed by atoms with E-state index in [1.165, 1.54) is 12.1 Å². The molecule has 0 radical (unpaired) electrons. The minimum atomic E-state index is -0.393. The second kappa shape index (κ2) is 6.14. The number of non-ortho nitro benzene ring substituents is 1. The summed E-state index contributed by atoms with van der Waals surface area (Å²) in [4.78, 5) is 10.00. The van der Waals surface area contributed by atoms with Gasteiger partial charge in [0.1, 0.15) is 0 Å². The summed E-state index contributed by atoms with van der Waals surface area (Å²) in [6, 6.07) is 6.64. The SMILES string of the molecule is O=[N+]([O-])c1ccc(CCCCCO)cc1. The van der Waals surface area contributed by atoms with Crippen LogP contribution in [-0.4, -0.2) is 16.6 Å². The van der Waals surface area contributed by atoms with E-state index in [1.807, 2.05) is 0 Å². The summed E-state index contributed by atoms with van der Waals surface area (Å²) in [5, 5.41) is 19.0. The molecule has 0 aliphatic carbocycles. The number of aliphatic hydroxyl groups is 1. The third kappa shape index (κ3) is 4.08. The molecule has 15 heavy (non-hydrogen) atoms. The molecule has 0 fully saturated rings. The van der Waals surface area contributed by atoms with E-state index >= 15 is 0 Å². The Labute approximate surface area is 88.7 Å². The van der Waals surface area contributed by atoms with Crippen LogP contribution in [0.25, 0.3) is 0 Å². The van der Waals surface area contributed by atoms with Gasteiger partial charge in [-0.25, -0.2) is 0 Å². The Hall–Kier alpha value is -1.42. The Balaban J connectivity index is 2.39. The largest absolute Gasteiger partial charge is 0.396 e. The molecule has 0 heterocycles. The summed E-state index contributed by atoms with van der Waals surface area (Å²) in [5.74, 6) is 0. The van der Waals surface area contributed by atoms with Gasteiger partial charge in [-0.1, -0.05) is 18.6 Å². The highest BCUT2D eigenvalue weighted by molar-refractivity contribution is 5.32. The van der Waals surface area contributed by atoms with Gasteiger partial charge in [0.2, 0.25) is 0 Å². The van der Waals surface area contributed by atoms with Crippen LogP contribution in [0.1, 0.15) is 24.8 Å². The maximum atomic E-state index is 10.4. The molecule has 0 spiro atoms. The van der Waals surface area contributed by atoms with Crippen LogP contribution in [0.5, 0.6) is 0 Å². The third-order valence-electron chi connectivity index (χ3n) is 2.27. The lowest BCUT2D eigenvalue weighted by Gasteiger charge is -2.00. The van der Waals surface area contributed by atoms with E-state index in [2.05, 4.69) is 0 Å². The minimum Gasteiger partial charge on any atom is -0.396 e. The fourth-order valence-corrected chi connectivity index (χ4v) is 1.40. The van der Waals surface area contributed by atoms with Crippen molar-refractivity contribution in [3.05, 3.63) is 39.9 Å². The zero-order valence-corrected chi connectivity index (χ0v) is 8.56. The van der Waals surface area contributed by atoms with E-state index < -0.39 is 4.92 Å². The first kappa shape index (κ1) is 11.7. The first-order valence-corrected chi connectivity index (χ1v) is 5.08. The van der Waals surface area contributed by atoms with Crippen LogP contribution < -0.4 is 0 Å². The highest BCUT2D eigenvalue weighted by Crippen LogP contribution is 2.13. The average Bonchev–Trinajstić information content (AvgIpc) is 2.25. The Morgan fingerprint density at radius 1 is 1.13 bits per heavy atom. The molecule has 4 nitrogen and oxygen atoms in total. The lowest BCUT2D eigenvalue weighted by atomic mass is 10.1. The predicted octanol–water partition coefficient (Wildman–Crippen LogP) is 2.30. The van der Waals surface area contributed by atoms with Crippen molar-refractivity contribution in [1.29, 1.82) is 0 Å². The van der Waals surface area contributed by atoms with E-state index in [9.17, 15) is 10.1 Å². The molecule has 1 N–H and O–H groups in total. The zero-order chi connectivity index (χ0) is 11.1. The first-order valence-electron chi connectivity index (χ1n) is 5.08.